The second-order valence-electron chi connectivity index (χ2n) is 7.01. The molecule has 1 aliphatic carbocycles. The van der Waals surface area contributed by atoms with Crippen molar-refractivity contribution < 1.29 is 19.4 Å². The van der Waals surface area contributed by atoms with Crippen LogP contribution in [0.1, 0.15) is 29.2 Å². The maximum Gasteiger partial charge on any atom is 0.251 e. The van der Waals surface area contributed by atoms with E-state index >= 15 is 0 Å². The van der Waals surface area contributed by atoms with Gasteiger partial charge in [-0.3, -0.25) is 4.79 Å². The highest BCUT2D eigenvalue weighted by Gasteiger charge is 2.39. The van der Waals surface area contributed by atoms with E-state index in [9.17, 15) is 19.4 Å². The minimum absolute atomic E-state index is 0.158. The molecule has 4 atom stereocenters. The van der Waals surface area contributed by atoms with Crippen LogP contribution in [0.15, 0.2) is 36.9 Å². The molecule has 29 heavy (non-hydrogen) atoms. The summed E-state index contributed by atoms with van der Waals surface area (Å²) < 4.78 is 15.1. The Labute approximate surface area is 165 Å². The number of anilines is 1. The van der Waals surface area contributed by atoms with Crippen LogP contribution in [0.4, 0.5) is 10.2 Å². The van der Waals surface area contributed by atoms with Crippen LogP contribution >= 0.6 is 0 Å². The van der Waals surface area contributed by atoms with Gasteiger partial charge in [-0.2, -0.15) is 0 Å². The van der Waals surface area contributed by atoms with Crippen molar-refractivity contribution in [2.24, 2.45) is 0 Å². The number of hydrogen-bond donors (Lipinski definition) is 4. The number of carbonyl (C=O) groups excluding carboxylic acids is 1. The zero-order valence-corrected chi connectivity index (χ0v) is 15.7. The molecule has 0 unspecified atom stereocenters. The van der Waals surface area contributed by atoms with Crippen LogP contribution in [-0.2, 0) is 0 Å². The monoisotopic (exact) mass is 400 g/mol. The van der Waals surface area contributed by atoms with Gasteiger partial charge in [0.2, 0.25) is 0 Å². The lowest BCUT2D eigenvalue weighted by atomic mass is 9.85. The molecular weight excluding hydrogens is 379 g/mol. The largest absolute Gasteiger partial charge is 0.388 e. The van der Waals surface area contributed by atoms with Gasteiger partial charge >= 0.3 is 0 Å². The Hall–Kier alpha value is -3.11. The summed E-state index contributed by atoms with van der Waals surface area (Å²) in [6, 6.07) is 4.19. The van der Waals surface area contributed by atoms with Crippen molar-refractivity contribution in [3.05, 3.63) is 48.3 Å². The molecule has 0 bridgehead atoms. The number of nitrogens with zero attached hydrogens (tertiary/aromatic N) is 4. The van der Waals surface area contributed by atoms with E-state index in [4.69, 9.17) is 0 Å². The van der Waals surface area contributed by atoms with Crippen LogP contribution in [-0.4, -0.2) is 60.9 Å². The number of nitrogens with one attached hydrogen (secondary N) is 2. The topological polar surface area (TPSA) is 125 Å². The third-order valence-corrected chi connectivity index (χ3v) is 5.29. The van der Waals surface area contributed by atoms with Gasteiger partial charge in [0.05, 0.1) is 18.4 Å². The van der Waals surface area contributed by atoms with E-state index in [2.05, 4.69) is 25.6 Å². The first-order chi connectivity index (χ1) is 14.0. The molecule has 0 aliphatic heterocycles. The van der Waals surface area contributed by atoms with Gasteiger partial charge < -0.3 is 25.4 Å². The lowest BCUT2D eigenvalue weighted by Gasteiger charge is -2.38. The normalized spacial score (nSPS) is 24.4. The minimum Gasteiger partial charge on any atom is -0.388 e. The predicted octanol–water partition coefficient (Wildman–Crippen LogP) is 0.862. The fourth-order valence-electron chi connectivity index (χ4n) is 3.78. The molecule has 0 radical (unpaired) electrons. The molecule has 10 heteroatoms. The fraction of sp³-hybridized carbons (Fsp3) is 0.368. The Morgan fingerprint density at radius 1 is 1.21 bits per heavy atom. The summed E-state index contributed by atoms with van der Waals surface area (Å²) in [5.41, 5.74) is 1.27. The average Bonchev–Trinajstić information content (AvgIpc) is 3.15. The van der Waals surface area contributed by atoms with Crippen molar-refractivity contribution in [2.45, 2.75) is 37.1 Å². The number of imidazole rings is 1. The third kappa shape index (κ3) is 3.52. The molecule has 1 aromatic carbocycles. The standard InChI is InChI=1S/C19H21FN6O3/c1-21-17-14-18(23-8-22-17)26(9-24-14)13-6-5-12(15(27)16(13)28)25-19(29)10-3-2-4-11(20)7-10/h2-4,7-9,12-13,15-16,27-28H,5-6H2,1H3,(H,25,29)(H,21,22,23)/t12-,13-,15-,16-/m1/s1. The number of hydrogen-bond acceptors (Lipinski definition) is 7. The summed E-state index contributed by atoms with van der Waals surface area (Å²) in [5, 5.41) is 27.0. The van der Waals surface area contributed by atoms with Gasteiger partial charge in [0.15, 0.2) is 11.5 Å². The predicted molar refractivity (Wildman–Crippen MR) is 103 cm³/mol. The Balaban J connectivity index is 1.52. The van der Waals surface area contributed by atoms with Gasteiger partial charge in [-0.1, -0.05) is 6.07 Å². The SMILES string of the molecule is CNc1ncnc2c1ncn2[C@@H]1CC[C@@H](NC(=O)c2cccc(F)c2)[C@@H](O)[C@@H]1O. The summed E-state index contributed by atoms with van der Waals surface area (Å²) in [5.74, 6) is -0.449. The summed E-state index contributed by atoms with van der Waals surface area (Å²) in [4.78, 5) is 25.0. The molecule has 4 N–H and O–H groups in total. The van der Waals surface area contributed by atoms with Crippen molar-refractivity contribution in [1.29, 1.82) is 0 Å². The Kier molecular flexibility index (Phi) is 5.12. The lowest BCUT2D eigenvalue weighted by Crippen LogP contribution is -2.54. The highest BCUT2D eigenvalue weighted by molar-refractivity contribution is 5.94. The first-order valence-electron chi connectivity index (χ1n) is 9.27. The van der Waals surface area contributed by atoms with Crippen LogP contribution < -0.4 is 10.6 Å². The first-order valence-corrected chi connectivity index (χ1v) is 9.27. The van der Waals surface area contributed by atoms with Crippen molar-refractivity contribution in [2.75, 3.05) is 12.4 Å². The fourth-order valence-corrected chi connectivity index (χ4v) is 3.78. The molecule has 3 aromatic rings. The molecule has 152 valence electrons. The molecule has 2 aromatic heterocycles. The van der Waals surface area contributed by atoms with E-state index in [0.717, 1.165) is 6.07 Å². The van der Waals surface area contributed by atoms with E-state index in [1.54, 1.807) is 17.9 Å². The number of aromatic nitrogens is 4. The van der Waals surface area contributed by atoms with Crippen LogP contribution in [0.5, 0.6) is 0 Å². The van der Waals surface area contributed by atoms with E-state index in [1.807, 2.05) is 0 Å². The van der Waals surface area contributed by atoms with E-state index in [1.165, 1.54) is 24.5 Å². The summed E-state index contributed by atoms with van der Waals surface area (Å²) in [7, 11) is 1.73. The van der Waals surface area contributed by atoms with Gasteiger partial charge in [0.25, 0.3) is 5.91 Å². The smallest absolute Gasteiger partial charge is 0.251 e. The number of rotatable bonds is 4. The maximum absolute atomic E-state index is 13.3. The van der Waals surface area contributed by atoms with Gasteiger partial charge in [0, 0.05) is 12.6 Å². The molecular formula is C19H21FN6O3. The summed E-state index contributed by atoms with van der Waals surface area (Å²) >= 11 is 0. The lowest BCUT2D eigenvalue weighted by molar-refractivity contribution is -0.0552. The maximum atomic E-state index is 13.3. The number of benzene rings is 1. The zero-order chi connectivity index (χ0) is 20.5. The van der Waals surface area contributed by atoms with Crippen molar-refractivity contribution >= 4 is 22.9 Å². The van der Waals surface area contributed by atoms with Gasteiger partial charge in [0.1, 0.15) is 29.9 Å². The molecule has 0 spiro atoms. The summed E-state index contributed by atoms with van der Waals surface area (Å²) in [6.45, 7) is 0. The second kappa shape index (κ2) is 7.72. The molecule has 0 saturated heterocycles. The number of halogens is 1. The van der Waals surface area contributed by atoms with E-state index in [-0.39, 0.29) is 5.56 Å². The Morgan fingerprint density at radius 3 is 2.79 bits per heavy atom. The number of amides is 1. The number of carbonyl (C=O) groups is 1. The molecule has 9 nitrogen and oxygen atoms in total. The van der Waals surface area contributed by atoms with Crippen LogP contribution in [0.2, 0.25) is 0 Å². The van der Waals surface area contributed by atoms with Crippen LogP contribution in [0.3, 0.4) is 0 Å². The highest BCUT2D eigenvalue weighted by atomic mass is 19.1. The quantitative estimate of drug-likeness (QED) is 0.512. The van der Waals surface area contributed by atoms with Crippen LogP contribution in [0.25, 0.3) is 11.2 Å². The number of aliphatic hydroxyl groups excluding tert-OH is 2. The van der Waals surface area contributed by atoms with Crippen molar-refractivity contribution in [3.8, 4) is 0 Å². The number of aliphatic hydroxyl groups is 2. The Bertz CT molecular complexity index is 1040. The molecule has 1 saturated carbocycles. The molecule has 2 heterocycles. The Morgan fingerprint density at radius 2 is 2.03 bits per heavy atom. The van der Waals surface area contributed by atoms with Crippen LogP contribution in [0, 0.1) is 5.82 Å². The molecule has 1 fully saturated rings. The molecule has 1 aliphatic rings. The van der Waals surface area contributed by atoms with E-state index < -0.39 is 36.0 Å². The van der Waals surface area contributed by atoms with Crippen molar-refractivity contribution in [3.63, 3.8) is 0 Å². The average molecular weight is 400 g/mol. The minimum atomic E-state index is -1.20. The number of fused-ring (bicyclic) bond motifs is 1. The third-order valence-electron chi connectivity index (χ3n) is 5.29. The van der Waals surface area contributed by atoms with Crippen molar-refractivity contribution in [1.82, 2.24) is 24.8 Å². The van der Waals surface area contributed by atoms with Gasteiger partial charge in [-0.15, -0.1) is 0 Å². The molecule has 1 amide bonds. The highest BCUT2D eigenvalue weighted by Crippen LogP contribution is 2.32. The zero-order valence-electron chi connectivity index (χ0n) is 15.7. The summed E-state index contributed by atoms with van der Waals surface area (Å²) in [6.07, 6.45) is 1.53. The van der Waals surface area contributed by atoms with Gasteiger partial charge in [-0.05, 0) is 31.0 Å². The first kappa shape index (κ1) is 19.2. The molecule has 4 rings (SSSR count). The second-order valence-corrected chi connectivity index (χ2v) is 7.01. The van der Waals surface area contributed by atoms with E-state index in [0.29, 0.717) is 29.8 Å². The van der Waals surface area contributed by atoms with Gasteiger partial charge in [-0.25, -0.2) is 19.3 Å².